The number of halogens is 1. The molecule has 3 aromatic carbocycles. The standard InChI is InChI=1S/C22H20ClNO2/c1-2-25-22-14-17(15-24-19-9-4-3-5-10-19)12-13-21(22)26-16-18-8-6-7-11-20(18)23/h3-15H,2,16H2,1H3. The lowest BCUT2D eigenvalue weighted by Crippen LogP contribution is -2.00. The number of nitrogens with zero attached hydrogens (tertiary/aromatic N) is 1. The fourth-order valence-corrected chi connectivity index (χ4v) is 2.62. The van der Waals surface area contributed by atoms with Crippen molar-refractivity contribution in [2.75, 3.05) is 6.61 Å². The summed E-state index contributed by atoms with van der Waals surface area (Å²) in [4.78, 5) is 4.47. The molecule has 0 heterocycles. The van der Waals surface area contributed by atoms with E-state index in [0.717, 1.165) is 16.8 Å². The zero-order valence-electron chi connectivity index (χ0n) is 14.6. The molecular weight excluding hydrogens is 346 g/mol. The molecule has 0 spiro atoms. The number of hydrogen-bond acceptors (Lipinski definition) is 3. The molecule has 0 aliphatic heterocycles. The largest absolute Gasteiger partial charge is 0.490 e. The molecule has 3 nitrogen and oxygen atoms in total. The Balaban J connectivity index is 1.76. The van der Waals surface area contributed by atoms with Gasteiger partial charge in [0.05, 0.1) is 12.3 Å². The fraction of sp³-hybridized carbons (Fsp3) is 0.136. The van der Waals surface area contributed by atoms with E-state index >= 15 is 0 Å². The molecular formula is C22H20ClNO2. The van der Waals surface area contributed by atoms with Gasteiger partial charge in [-0.2, -0.15) is 0 Å². The molecule has 0 bridgehead atoms. The van der Waals surface area contributed by atoms with Gasteiger partial charge < -0.3 is 9.47 Å². The molecule has 0 aliphatic carbocycles. The first-order valence-electron chi connectivity index (χ1n) is 8.48. The van der Waals surface area contributed by atoms with Crippen molar-refractivity contribution in [3.63, 3.8) is 0 Å². The Kier molecular flexibility index (Phi) is 6.29. The van der Waals surface area contributed by atoms with Crippen molar-refractivity contribution in [2.45, 2.75) is 13.5 Å². The summed E-state index contributed by atoms with van der Waals surface area (Å²) < 4.78 is 11.6. The molecule has 0 aromatic heterocycles. The molecule has 0 aliphatic rings. The minimum absolute atomic E-state index is 0.386. The van der Waals surface area contributed by atoms with E-state index in [1.807, 2.05) is 85.9 Å². The molecule has 0 fully saturated rings. The van der Waals surface area contributed by atoms with Gasteiger partial charge in [-0.1, -0.05) is 48.0 Å². The van der Waals surface area contributed by atoms with E-state index < -0.39 is 0 Å². The van der Waals surface area contributed by atoms with E-state index in [0.29, 0.717) is 29.7 Å². The van der Waals surface area contributed by atoms with Gasteiger partial charge in [-0.25, -0.2) is 0 Å². The van der Waals surface area contributed by atoms with Gasteiger partial charge in [0.25, 0.3) is 0 Å². The molecule has 0 saturated heterocycles. The van der Waals surface area contributed by atoms with E-state index in [2.05, 4.69) is 4.99 Å². The van der Waals surface area contributed by atoms with Crippen LogP contribution in [0.2, 0.25) is 5.02 Å². The van der Waals surface area contributed by atoms with Crippen LogP contribution in [0.1, 0.15) is 18.1 Å². The first-order chi connectivity index (χ1) is 12.8. The van der Waals surface area contributed by atoms with Crippen molar-refractivity contribution in [2.24, 2.45) is 4.99 Å². The lowest BCUT2D eigenvalue weighted by atomic mass is 10.2. The lowest BCUT2D eigenvalue weighted by molar-refractivity contribution is 0.269. The topological polar surface area (TPSA) is 30.8 Å². The number of benzene rings is 3. The summed E-state index contributed by atoms with van der Waals surface area (Å²) in [5.74, 6) is 1.38. The van der Waals surface area contributed by atoms with Gasteiger partial charge in [-0.05, 0) is 48.9 Å². The van der Waals surface area contributed by atoms with Crippen LogP contribution in [0, 0.1) is 0 Å². The normalized spacial score (nSPS) is 10.8. The Morgan fingerprint density at radius 2 is 1.65 bits per heavy atom. The first kappa shape index (κ1) is 18.0. The molecule has 0 radical (unpaired) electrons. The van der Waals surface area contributed by atoms with Crippen LogP contribution in [-0.4, -0.2) is 12.8 Å². The van der Waals surface area contributed by atoms with Crippen LogP contribution in [0.3, 0.4) is 0 Å². The third kappa shape index (κ3) is 4.87. The van der Waals surface area contributed by atoms with Crippen LogP contribution >= 0.6 is 11.6 Å². The number of ether oxygens (including phenoxy) is 2. The maximum Gasteiger partial charge on any atom is 0.161 e. The molecule has 0 unspecified atom stereocenters. The predicted octanol–water partition coefficient (Wildman–Crippen LogP) is 6.07. The van der Waals surface area contributed by atoms with Gasteiger partial charge in [0.1, 0.15) is 6.61 Å². The molecule has 0 amide bonds. The molecule has 0 saturated carbocycles. The van der Waals surface area contributed by atoms with Crippen LogP contribution in [-0.2, 0) is 6.61 Å². The van der Waals surface area contributed by atoms with Crippen LogP contribution in [0.4, 0.5) is 5.69 Å². The molecule has 0 N–H and O–H groups in total. The van der Waals surface area contributed by atoms with Gasteiger partial charge in [0, 0.05) is 16.8 Å². The summed E-state index contributed by atoms with van der Waals surface area (Å²) in [5.41, 5.74) is 2.79. The van der Waals surface area contributed by atoms with Crippen molar-refractivity contribution in [3.05, 3.63) is 88.9 Å². The minimum Gasteiger partial charge on any atom is -0.490 e. The highest BCUT2D eigenvalue weighted by atomic mass is 35.5. The van der Waals surface area contributed by atoms with Gasteiger partial charge in [0.15, 0.2) is 11.5 Å². The summed E-state index contributed by atoms with van der Waals surface area (Å²) in [7, 11) is 0. The van der Waals surface area contributed by atoms with Crippen molar-refractivity contribution in [1.82, 2.24) is 0 Å². The maximum atomic E-state index is 6.19. The highest BCUT2D eigenvalue weighted by Gasteiger charge is 2.07. The monoisotopic (exact) mass is 365 g/mol. The van der Waals surface area contributed by atoms with Gasteiger partial charge in [-0.3, -0.25) is 4.99 Å². The van der Waals surface area contributed by atoms with Crippen LogP contribution < -0.4 is 9.47 Å². The van der Waals surface area contributed by atoms with Gasteiger partial charge in [0.2, 0.25) is 0 Å². The highest BCUT2D eigenvalue weighted by molar-refractivity contribution is 6.31. The molecule has 3 rings (SSSR count). The Labute approximate surface area is 158 Å². The number of para-hydroxylation sites is 1. The Hall–Kier alpha value is -2.78. The van der Waals surface area contributed by atoms with Crippen LogP contribution in [0.15, 0.2) is 77.8 Å². The predicted molar refractivity (Wildman–Crippen MR) is 107 cm³/mol. The summed E-state index contributed by atoms with van der Waals surface area (Å²) >= 11 is 6.19. The maximum absolute atomic E-state index is 6.19. The van der Waals surface area contributed by atoms with E-state index in [1.165, 1.54) is 0 Å². The second kappa shape index (κ2) is 9.07. The summed E-state index contributed by atoms with van der Waals surface area (Å²) in [6, 6.07) is 23.2. The van der Waals surface area contributed by atoms with E-state index in [1.54, 1.807) is 0 Å². The van der Waals surface area contributed by atoms with Crippen LogP contribution in [0.5, 0.6) is 11.5 Å². The molecule has 132 valence electrons. The van der Waals surface area contributed by atoms with Crippen molar-refractivity contribution in [3.8, 4) is 11.5 Å². The van der Waals surface area contributed by atoms with Gasteiger partial charge in [-0.15, -0.1) is 0 Å². The number of aliphatic imine (C=N–C) groups is 1. The SMILES string of the molecule is CCOc1cc(C=Nc2ccccc2)ccc1OCc1ccccc1Cl. The first-order valence-corrected chi connectivity index (χ1v) is 8.86. The van der Waals surface area contributed by atoms with E-state index in [9.17, 15) is 0 Å². The molecule has 4 heteroatoms. The van der Waals surface area contributed by atoms with E-state index in [4.69, 9.17) is 21.1 Å². The molecule has 3 aromatic rings. The Morgan fingerprint density at radius 1 is 0.885 bits per heavy atom. The minimum atomic E-state index is 0.386. The molecule has 26 heavy (non-hydrogen) atoms. The quantitative estimate of drug-likeness (QED) is 0.476. The van der Waals surface area contributed by atoms with E-state index in [-0.39, 0.29) is 0 Å². The number of hydrogen-bond donors (Lipinski definition) is 0. The fourth-order valence-electron chi connectivity index (χ4n) is 2.43. The second-order valence-corrected chi connectivity index (χ2v) is 6.02. The van der Waals surface area contributed by atoms with Crippen molar-refractivity contribution in [1.29, 1.82) is 0 Å². The Bertz CT molecular complexity index is 878. The summed E-state index contributed by atoms with van der Waals surface area (Å²) in [5, 5.41) is 0.692. The summed E-state index contributed by atoms with van der Waals surface area (Å²) in [6.07, 6.45) is 1.82. The third-order valence-electron chi connectivity index (χ3n) is 3.73. The molecule has 0 atom stereocenters. The summed E-state index contributed by atoms with van der Waals surface area (Å²) in [6.45, 7) is 2.89. The highest BCUT2D eigenvalue weighted by Crippen LogP contribution is 2.30. The van der Waals surface area contributed by atoms with Crippen molar-refractivity contribution < 1.29 is 9.47 Å². The lowest BCUT2D eigenvalue weighted by Gasteiger charge is -2.13. The average molecular weight is 366 g/mol. The smallest absolute Gasteiger partial charge is 0.161 e. The number of rotatable bonds is 7. The zero-order chi connectivity index (χ0) is 18.2. The Morgan fingerprint density at radius 3 is 2.42 bits per heavy atom. The third-order valence-corrected chi connectivity index (χ3v) is 4.10. The zero-order valence-corrected chi connectivity index (χ0v) is 15.3. The second-order valence-electron chi connectivity index (χ2n) is 5.61. The van der Waals surface area contributed by atoms with Crippen LogP contribution in [0.25, 0.3) is 0 Å². The van der Waals surface area contributed by atoms with Gasteiger partial charge >= 0.3 is 0 Å². The average Bonchev–Trinajstić information content (AvgIpc) is 2.68. The van der Waals surface area contributed by atoms with Crippen molar-refractivity contribution >= 4 is 23.5 Å².